The van der Waals surface area contributed by atoms with Gasteiger partial charge in [0.2, 0.25) is 0 Å². The molecule has 0 spiro atoms. The van der Waals surface area contributed by atoms with E-state index in [0.717, 1.165) is 25.7 Å². The summed E-state index contributed by atoms with van der Waals surface area (Å²) >= 11 is 0. The van der Waals surface area contributed by atoms with Crippen LogP contribution in [0.15, 0.2) is 0 Å². The molecule has 3 atom stereocenters. The molecule has 0 radical (unpaired) electrons. The molecule has 0 aliphatic carbocycles. The minimum Gasteiger partial charge on any atom is -0.395 e. The molecule has 0 aromatic carbocycles. The van der Waals surface area contributed by atoms with Gasteiger partial charge in [0.25, 0.3) is 0 Å². The van der Waals surface area contributed by atoms with Crippen molar-refractivity contribution >= 4 is 0 Å². The average molecular weight is 201 g/mol. The quantitative estimate of drug-likeness (QED) is 0.720. The van der Waals surface area contributed by atoms with Crippen molar-refractivity contribution in [2.24, 2.45) is 11.7 Å². The fourth-order valence-electron chi connectivity index (χ4n) is 2.18. The molecule has 1 fully saturated rings. The Morgan fingerprint density at radius 3 is 2.14 bits per heavy atom. The van der Waals surface area contributed by atoms with Crippen LogP contribution >= 0.6 is 0 Å². The second-order valence-electron chi connectivity index (χ2n) is 4.27. The first-order chi connectivity index (χ1) is 6.71. The zero-order valence-corrected chi connectivity index (χ0v) is 9.28. The van der Waals surface area contributed by atoms with Crippen molar-refractivity contribution in [1.82, 2.24) is 0 Å². The van der Waals surface area contributed by atoms with E-state index in [1.807, 2.05) is 0 Å². The third-order valence-corrected chi connectivity index (χ3v) is 3.24. The maximum Gasteiger partial charge on any atom is 0.0585 e. The van der Waals surface area contributed by atoms with Gasteiger partial charge in [0, 0.05) is 6.04 Å². The van der Waals surface area contributed by atoms with E-state index in [1.165, 1.54) is 0 Å². The lowest BCUT2D eigenvalue weighted by molar-refractivity contribution is -0.0792. The maximum absolute atomic E-state index is 9.04. The van der Waals surface area contributed by atoms with E-state index in [2.05, 4.69) is 13.8 Å². The molecule has 3 heteroatoms. The normalized spacial score (nSPS) is 35.6. The number of aliphatic hydroxyl groups is 1. The van der Waals surface area contributed by atoms with Crippen LogP contribution in [0, 0.1) is 5.92 Å². The monoisotopic (exact) mass is 201 g/mol. The summed E-state index contributed by atoms with van der Waals surface area (Å²) in [6, 6.07) is -0.0676. The van der Waals surface area contributed by atoms with Gasteiger partial charge in [-0.1, -0.05) is 13.8 Å². The van der Waals surface area contributed by atoms with Crippen LogP contribution in [0.5, 0.6) is 0 Å². The number of hydrogen-bond acceptors (Lipinski definition) is 3. The zero-order valence-electron chi connectivity index (χ0n) is 9.28. The van der Waals surface area contributed by atoms with Gasteiger partial charge in [-0.25, -0.2) is 0 Å². The van der Waals surface area contributed by atoms with Gasteiger partial charge in [-0.15, -0.1) is 0 Å². The Bertz CT molecular complexity index is 151. The number of ether oxygens (including phenoxy) is 1. The van der Waals surface area contributed by atoms with E-state index in [4.69, 9.17) is 15.6 Å². The lowest BCUT2D eigenvalue weighted by Gasteiger charge is -2.37. The van der Waals surface area contributed by atoms with Crippen molar-refractivity contribution in [3.8, 4) is 0 Å². The van der Waals surface area contributed by atoms with Gasteiger partial charge >= 0.3 is 0 Å². The maximum atomic E-state index is 9.04. The van der Waals surface area contributed by atoms with E-state index >= 15 is 0 Å². The van der Waals surface area contributed by atoms with Crippen LogP contribution in [0.2, 0.25) is 0 Å². The predicted molar refractivity (Wildman–Crippen MR) is 57.0 cm³/mol. The Balaban J connectivity index is 2.51. The molecule has 1 saturated heterocycles. The largest absolute Gasteiger partial charge is 0.395 e. The summed E-state index contributed by atoms with van der Waals surface area (Å²) in [4.78, 5) is 0. The van der Waals surface area contributed by atoms with E-state index in [9.17, 15) is 0 Å². The number of nitrogens with two attached hydrogens (primary N) is 1. The molecule has 3 nitrogen and oxygen atoms in total. The van der Waals surface area contributed by atoms with Gasteiger partial charge in [-0.05, 0) is 31.6 Å². The molecule has 84 valence electrons. The molecule has 1 heterocycles. The molecular formula is C11H23NO2. The first-order valence-corrected chi connectivity index (χ1v) is 5.73. The van der Waals surface area contributed by atoms with Gasteiger partial charge in [-0.3, -0.25) is 0 Å². The van der Waals surface area contributed by atoms with Crippen molar-refractivity contribution in [1.29, 1.82) is 0 Å². The standard InChI is InChI=1S/C11H23NO2/c1-3-9-5-8(11(12)7-13)6-10(4-2)14-9/h8-11,13H,3-7,12H2,1-2H3. The zero-order chi connectivity index (χ0) is 10.6. The highest BCUT2D eigenvalue weighted by atomic mass is 16.5. The molecule has 0 saturated carbocycles. The molecule has 0 bridgehead atoms. The Morgan fingerprint density at radius 2 is 1.79 bits per heavy atom. The highest BCUT2D eigenvalue weighted by Gasteiger charge is 2.30. The van der Waals surface area contributed by atoms with Gasteiger partial charge in [0.05, 0.1) is 18.8 Å². The van der Waals surface area contributed by atoms with Gasteiger partial charge < -0.3 is 15.6 Å². The summed E-state index contributed by atoms with van der Waals surface area (Å²) in [6.45, 7) is 4.38. The first kappa shape index (κ1) is 12.0. The molecule has 14 heavy (non-hydrogen) atoms. The van der Waals surface area contributed by atoms with Crippen molar-refractivity contribution in [3.63, 3.8) is 0 Å². The Labute approximate surface area is 86.6 Å². The highest BCUT2D eigenvalue weighted by Crippen LogP contribution is 2.29. The lowest BCUT2D eigenvalue weighted by atomic mass is 9.85. The number of hydrogen-bond donors (Lipinski definition) is 2. The van der Waals surface area contributed by atoms with Gasteiger partial charge in [0.1, 0.15) is 0 Å². The molecule has 0 aromatic heterocycles. The Hall–Kier alpha value is -0.120. The average Bonchev–Trinajstić information content (AvgIpc) is 2.27. The minimum atomic E-state index is -0.0676. The molecule has 3 unspecified atom stereocenters. The third kappa shape index (κ3) is 2.94. The van der Waals surface area contributed by atoms with E-state index < -0.39 is 0 Å². The van der Waals surface area contributed by atoms with Crippen LogP contribution < -0.4 is 5.73 Å². The fourth-order valence-corrected chi connectivity index (χ4v) is 2.18. The second-order valence-corrected chi connectivity index (χ2v) is 4.27. The number of rotatable bonds is 4. The molecule has 1 rings (SSSR count). The molecule has 0 amide bonds. The lowest BCUT2D eigenvalue weighted by Crippen LogP contribution is -2.42. The molecule has 1 aliphatic rings. The van der Waals surface area contributed by atoms with Gasteiger partial charge in [0.15, 0.2) is 0 Å². The molecular weight excluding hydrogens is 178 g/mol. The van der Waals surface area contributed by atoms with Crippen LogP contribution in [0.25, 0.3) is 0 Å². The molecule has 0 aromatic rings. The van der Waals surface area contributed by atoms with Crippen molar-refractivity contribution in [2.45, 2.75) is 57.8 Å². The van der Waals surface area contributed by atoms with E-state index in [-0.39, 0.29) is 12.6 Å². The minimum absolute atomic E-state index is 0.0676. The molecule has 1 aliphatic heterocycles. The predicted octanol–water partition coefficient (Wildman–Crippen LogP) is 1.29. The summed E-state index contributed by atoms with van der Waals surface area (Å²) in [5.41, 5.74) is 5.88. The smallest absolute Gasteiger partial charge is 0.0585 e. The third-order valence-electron chi connectivity index (χ3n) is 3.24. The molecule has 3 N–H and O–H groups in total. The summed E-state index contributed by atoms with van der Waals surface area (Å²) in [5, 5.41) is 9.04. The number of aliphatic hydroxyl groups excluding tert-OH is 1. The van der Waals surface area contributed by atoms with Crippen LogP contribution in [0.4, 0.5) is 0 Å². The summed E-state index contributed by atoms with van der Waals surface area (Å²) in [5.74, 6) is 0.434. The summed E-state index contributed by atoms with van der Waals surface area (Å²) in [7, 11) is 0. The Morgan fingerprint density at radius 1 is 1.29 bits per heavy atom. The van der Waals surface area contributed by atoms with Crippen LogP contribution in [0.3, 0.4) is 0 Å². The van der Waals surface area contributed by atoms with Crippen LogP contribution in [0.1, 0.15) is 39.5 Å². The van der Waals surface area contributed by atoms with E-state index in [0.29, 0.717) is 18.1 Å². The first-order valence-electron chi connectivity index (χ1n) is 5.73. The van der Waals surface area contributed by atoms with Crippen LogP contribution in [-0.2, 0) is 4.74 Å². The second kappa shape index (κ2) is 5.69. The van der Waals surface area contributed by atoms with Crippen molar-refractivity contribution in [3.05, 3.63) is 0 Å². The highest BCUT2D eigenvalue weighted by molar-refractivity contribution is 4.82. The fraction of sp³-hybridized carbons (Fsp3) is 1.00. The summed E-state index contributed by atoms with van der Waals surface area (Å²) in [6.07, 6.45) is 4.80. The summed E-state index contributed by atoms with van der Waals surface area (Å²) < 4.78 is 5.87. The van der Waals surface area contributed by atoms with E-state index in [1.54, 1.807) is 0 Å². The van der Waals surface area contributed by atoms with Gasteiger partial charge in [-0.2, -0.15) is 0 Å². The van der Waals surface area contributed by atoms with Crippen molar-refractivity contribution in [2.75, 3.05) is 6.61 Å². The van der Waals surface area contributed by atoms with Crippen LogP contribution in [-0.4, -0.2) is 30.0 Å². The van der Waals surface area contributed by atoms with Crippen molar-refractivity contribution < 1.29 is 9.84 Å². The Kier molecular flexibility index (Phi) is 4.85. The topological polar surface area (TPSA) is 55.5 Å². The SMILES string of the molecule is CCC1CC(C(N)CO)CC(CC)O1.